The van der Waals surface area contributed by atoms with Crippen molar-refractivity contribution >= 4 is 5.91 Å². The maximum absolute atomic E-state index is 11.0. The van der Waals surface area contributed by atoms with Crippen LogP contribution in [0.3, 0.4) is 0 Å². The summed E-state index contributed by atoms with van der Waals surface area (Å²) in [5, 5.41) is 2.96. The molecule has 0 heterocycles. The van der Waals surface area contributed by atoms with Crippen molar-refractivity contribution in [2.75, 3.05) is 0 Å². The fourth-order valence-corrected chi connectivity index (χ4v) is 1.77. The Balaban J connectivity index is 2.38. The Morgan fingerprint density at radius 1 is 1.50 bits per heavy atom. The van der Waals surface area contributed by atoms with Crippen LogP contribution in [0.2, 0.25) is 0 Å². The van der Waals surface area contributed by atoms with Crippen LogP contribution in [0.4, 0.5) is 0 Å². The van der Waals surface area contributed by atoms with Crippen LogP contribution in [-0.4, -0.2) is 11.9 Å². The molecule has 2 heteroatoms. The van der Waals surface area contributed by atoms with Crippen LogP contribution in [0.5, 0.6) is 0 Å². The first kappa shape index (κ1) is 9.30. The van der Waals surface area contributed by atoms with Gasteiger partial charge in [-0.05, 0) is 24.8 Å². The van der Waals surface area contributed by atoms with E-state index in [1.807, 2.05) is 0 Å². The summed E-state index contributed by atoms with van der Waals surface area (Å²) in [6.45, 7) is 5.64. The van der Waals surface area contributed by atoms with E-state index in [4.69, 9.17) is 0 Å². The molecule has 0 aliphatic heterocycles. The van der Waals surface area contributed by atoms with Crippen molar-refractivity contribution in [1.29, 1.82) is 0 Å². The minimum absolute atomic E-state index is 0.0336. The lowest BCUT2D eigenvalue weighted by molar-refractivity contribution is -0.117. The first-order chi connectivity index (χ1) is 5.74. The van der Waals surface area contributed by atoms with Crippen LogP contribution in [0.15, 0.2) is 12.7 Å². The largest absolute Gasteiger partial charge is 0.350 e. The molecule has 2 atom stereocenters. The number of nitrogens with one attached hydrogen (secondary N) is 1. The van der Waals surface area contributed by atoms with E-state index < -0.39 is 0 Å². The molecule has 0 aromatic heterocycles. The van der Waals surface area contributed by atoms with Gasteiger partial charge >= 0.3 is 0 Å². The summed E-state index contributed by atoms with van der Waals surface area (Å²) in [5.41, 5.74) is 0. The number of carbonyl (C=O) groups excluding carboxylic acids is 1. The standard InChI is InChI=1S/C10H17NO/c1-3-10(12)11-9-7-5-4-6-8(9)2/h3,8-9H,1,4-7H2,2H3,(H,11,12)/t8-,9+/m0/s1. The van der Waals surface area contributed by atoms with Crippen molar-refractivity contribution in [3.63, 3.8) is 0 Å². The molecule has 68 valence electrons. The summed E-state index contributed by atoms with van der Waals surface area (Å²) in [7, 11) is 0. The molecule has 1 N–H and O–H groups in total. The molecule has 2 nitrogen and oxygen atoms in total. The Hall–Kier alpha value is -0.790. The predicted octanol–water partition coefficient (Wildman–Crippen LogP) is 1.87. The maximum atomic E-state index is 11.0. The van der Waals surface area contributed by atoms with Crippen LogP contribution in [0, 0.1) is 5.92 Å². The van der Waals surface area contributed by atoms with E-state index in [9.17, 15) is 4.79 Å². The third-order valence-corrected chi connectivity index (χ3v) is 2.62. The normalized spacial score (nSPS) is 29.4. The maximum Gasteiger partial charge on any atom is 0.243 e. The van der Waals surface area contributed by atoms with Gasteiger partial charge in [0, 0.05) is 6.04 Å². The van der Waals surface area contributed by atoms with Crippen LogP contribution < -0.4 is 5.32 Å². The molecule has 1 aliphatic rings. The molecule has 0 aromatic rings. The Bertz CT molecular complexity index is 177. The van der Waals surface area contributed by atoms with E-state index in [-0.39, 0.29) is 5.91 Å². The first-order valence-electron chi connectivity index (χ1n) is 4.67. The van der Waals surface area contributed by atoms with Crippen molar-refractivity contribution in [2.45, 2.75) is 38.6 Å². The van der Waals surface area contributed by atoms with E-state index in [0.717, 1.165) is 6.42 Å². The minimum Gasteiger partial charge on any atom is -0.350 e. The number of carbonyl (C=O) groups is 1. The molecule has 1 aliphatic carbocycles. The number of hydrogen-bond acceptors (Lipinski definition) is 1. The fraction of sp³-hybridized carbons (Fsp3) is 0.700. The third-order valence-electron chi connectivity index (χ3n) is 2.62. The molecule has 0 bridgehead atoms. The van der Waals surface area contributed by atoms with Gasteiger partial charge in [0.25, 0.3) is 0 Å². The molecule has 12 heavy (non-hydrogen) atoms. The Labute approximate surface area is 74.0 Å². The lowest BCUT2D eigenvalue weighted by atomic mass is 9.86. The Morgan fingerprint density at radius 3 is 2.75 bits per heavy atom. The molecule has 1 saturated carbocycles. The summed E-state index contributed by atoms with van der Waals surface area (Å²) >= 11 is 0. The summed E-state index contributed by atoms with van der Waals surface area (Å²) in [5.74, 6) is 0.594. The number of amides is 1. The first-order valence-corrected chi connectivity index (χ1v) is 4.67. The van der Waals surface area contributed by atoms with Gasteiger partial charge in [0.1, 0.15) is 0 Å². The summed E-state index contributed by atoms with van der Waals surface area (Å²) in [6, 6.07) is 0.379. The van der Waals surface area contributed by atoms with Crippen molar-refractivity contribution < 1.29 is 4.79 Å². The molecule has 1 amide bonds. The third kappa shape index (κ3) is 2.36. The lowest BCUT2D eigenvalue weighted by Crippen LogP contribution is -2.40. The molecular formula is C10H17NO. The Morgan fingerprint density at radius 2 is 2.17 bits per heavy atom. The van der Waals surface area contributed by atoms with Gasteiger partial charge in [-0.2, -0.15) is 0 Å². The van der Waals surface area contributed by atoms with Gasteiger partial charge in [-0.1, -0.05) is 26.3 Å². The van der Waals surface area contributed by atoms with Gasteiger partial charge in [-0.3, -0.25) is 4.79 Å². The lowest BCUT2D eigenvalue weighted by Gasteiger charge is -2.28. The average Bonchev–Trinajstić information content (AvgIpc) is 2.09. The van der Waals surface area contributed by atoms with Gasteiger partial charge < -0.3 is 5.32 Å². The van der Waals surface area contributed by atoms with Crippen molar-refractivity contribution in [3.05, 3.63) is 12.7 Å². The van der Waals surface area contributed by atoms with E-state index >= 15 is 0 Å². The van der Waals surface area contributed by atoms with Gasteiger partial charge in [0.15, 0.2) is 0 Å². The highest BCUT2D eigenvalue weighted by Crippen LogP contribution is 2.23. The van der Waals surface area contributed by atoms with E-state index in [0.29, 0.717) is 12.0 Å². The van der Waals surface area contributed by atoms with E-state index in [2.05, 4.69) is 18.8 Å². The quantitative estimate of drug-likeness (QED) is 0.625. The zero-order valence-electron chi connectivity index (χ0n) is 7.68. The van der Waals surface area contributed by atoms with Crippen LogP contribution >= 0.6 is 0 Å². The fourth-order valence-electron chi connectivity index (χ4n) is 1.77. The molecule has 0 aromatic carbocycles. The molecule has 0 radical (unpaired) electrons. The molecule has 0 saturated heterocycles. The monoisotopic (exact) mass is 167 g/mol. The highest BCUT2D eigenvalue weighted by molar-refractivity contribution is 5.87. The highest BCUT2D eigenvalue weighted by atomic mass is 16.1. The SMILES string of the molecule is C=CC(=O)N[C@@H]1CCCC[C@@H]1C. The van der Waals surface area contributed by atoms with Crippen LogP contribution in [-0.2, 0) is 4.79 Å². The predicted molar refractivity (Wildman–Crippen MR) is 49.8 cm³/mol. The second-order valence-corrected chi connectivity index (χ2v) is 3.58. The van der Waals surface area contributed by atoms with Gasteiger partial charge in [0.05, 0.1) is 0 Å². The summed E-state index contributed by atoms with van der Waals surface area (Å²) in [6.07, 6.45) is 6.26. The van der Waals surface area contributed by atoms with Crippen molar-refractivity contribution in [1.82, 2.24) is 5.32 Å². The second-order valence-electron chi connectivity index (χ2n) is 3.58. The average molecular weight is 167 g/mol. The van der Waals surface area contributed by atoms with E-state index in [1.165, 1.54) is 25.3 Å². The second kappa shape index (κ2) is 4.29. The topological polar surface area (TPSA) is 29.1 Å². The zero-order chi connectivity index (χ0) is 8.97. The van der Waals surface area contributed by atoms with Crippen molar-refractivity contribution in [2.24, 2.45) is 5.92 Å². The number of hydrogen-bond donors (Lipinski definition) is 1. The van der Waals surface area contributed by atoms with Crippen LogP contribution in [0.1, 0.15) is 32.6 Å². The zero-order valence-corrected chi connectivity index (χ0v) is 7.68. The van der Waals surface area contributed by atoms with Gasteiger partial charge in [-0.25, -0.2) is 0 Å². The Kier molecular flexibility index (Phi) is 3.32. The van der Waals surface area contributed by atoms with Gasteiger partial charge in [0.2, 0.25) is 5.91 Å². The summed E-state index contributed by atoms with van der Waals surface area (Å²) < 4.78 is 0. The molecule has 1 fully saturated rings. The minimum atomic E-state index is -0.0336. The molecular weight excluding hydrogens is 150 g/mol. The molecule has 0 spiro atoms. The van der Waals surface area contributed by atoms with E-state index in [1.54, 1.807) is 0 Å². The summed E-state index contributed by atoms with van der Waals surface area (Å²) in [4.78, 5) is 11.0. The smallest absolute Gasteiger partial charge is 0.243 e. The molecule has 1 rings (SSSR count). The number of rotatable bonds is 2. The highest BCUT2D eigenvalue weighted by Gasteiger charge is 2.21. The van der Waals surface area contributed by atoms with Gasteiger partial charge in [-0.15, -0.1) is 0 Å². The molecule has 0 unspecified atom stereocenters. The van der Waals surface area contributed by atoms with Crippen molar-refractivity contribution in [3.8, 4) is 0 Å². The van der Waals surface area contributed by atoms with Crippen LogP contribution in [0.25, 0.3) is 0 Å².